The van der Waals surface area contributed by atoms with Crippen LogP contribution in [-0.2, 0) is 13.6 Å². The molecule has 0 aliphatic carbocycles. The topological polar surface area (TPSA) is 60.3 Å². The maximum absolute atomic E-state index is 5.37. The number of ether oxygens (including phenoxy) is 2. The summed E-state index contributed by atoms with van der Waals surface area (Å²) in [7, 11) is 5.17. The Hall–Kier alpha value is -2.28. The molecule has 0 radical (unpaired) electrons. The van der Waals surface area contributed by atoms with Gasteiger partial charge >= 0.3 is 0 Å². The van der Waals surface area contributed by atoms with Crippen LogP contribution in [0.1, 0.15) is 17.0 Å². The first kappa shape index (κ1) is 17.1. The predicted molar refractivity (Wildman–Crippen MR) is 95.3 cm³/mol. The molecule has 0 aliphatic heterocycles. The molecule has 7 heteroatoms. The summed E-state index contributed by atoms with van der Waals surface area (Å²) >= 11 is 5.37. The highest BCUT2D eigenvalue weighted by molar-refractivity contribution is 7.80. The summed E-state index contributed by atoms with van der Waals surface area (Å²) < 4.78 is 12.4. The Kier molecular flexibility index (Phi) is 5.44. The van der Waals surface area contributed by atoms with Crippen molar-refractivity contribution in [3.63, 3.8) is 0 Å². The minimum atomic E-state index is 0.513. The van der Waals surface area contributed by atoms with E-state index in [1.807, 2.05) is 43.8 Å². The van der Waals surface area contributed by atoms with Crippen LogP contribution in [0.3, 0.4) is 0 Å². The van der Waals surface area contributed by atoms with Crippen molar-refractivity contribution in [2.75, 3.05) is 19.5 Å². The van der Waals surface area contributed by atoms with Gasteiger partial charge in [-0.05, 0) is 38.2 Å². The number of aromatic nitrogens is 2. The molecule has 0 aliphatic rings. The summed E-state index contributed by atoms with van der Waals surface area (Å²) in [5.41, 5.74) is 4.02. The van der Waals surface area contributed by atoms with E-state index in [9.17, 15) is 0 Å². The zero-order valence-electron chi connectivity index (χ0n) is 14.1. The molecule has 2 aromatic rings. The molecule has 2 N–H and O–H groups in total. The lowest BCUT2D eigenvalue weighted by atomic mass is 10.2. The van der Waals surface area contributed by atoms with E-state index in [0.29, 0.717) is 17.4 Å². The Balaban J connectivity index is 2.05. The molecular weight excluding hydrogens is 312 g/mol. The number of methoxy groups -OCH3 is 2. The lowest BCUT2D eigenvalue weighted by molar-refractivity contribution is 0.405. The van der Waals surface area contributed by atoms with E-state index in [4.69, 9.17) is 21.7 Å². The van der Waals surface area contributed by atoms with E-state index in [0.717, 1.165) is 28.4 Å². The van der Waals surface area contributed by atoms with Gasteiger partial charge in [0.2, 0.25) is 0 Å². The van der Waals surface area contributed by atoms with Gasteiger partial charge in [0.05, 0.1) is 25.6 Å². The van der Waals surface area contributed by atoms with Crippen molar-refractivity contribution in [1.82, 2.24) is 15.1 Å². The third kappa shape index (κ3) is 3.92. The Morgan fingerprint density at radius 3 is 2.57 bits per heavy atom. The second kappa shape index (κ2) is 7.32. The highest BCUT2D eigenvalue weighted by atomic mass is 32.1. The largest absolute Gasteiger partial charge is 0.497 e. The Bertz CT molecular complexity index is 712. The van der Waals surface area contributed by atoms with E-state index in [1.54, 1.807) is 14.2 Å². The number of nitrogens with zero attached hydrogens (tertiary/aromatic N) is 2. The number of nitrogens with one attached hydrogen (secondary N) is 2. The number of anilines is 1. The van der Waals surface area contributed by atoms with Crippen LogP contribution >= 0.6 is 12.2 Å². The highest BCUT2D eigenvalue weighted by Gasteiger charge is 2.11. The van der Waals surface area contributed by atoms with Crippen LogP contribution in [0.15, 0.2) is 18.2 Å². The Morgan fingerprint density at radius 2 is 2.00 bits per heavy atom. The maximum Gasteiger partial charge on any atom is 0.171 e. The number of hydrogen-bond acceptors (Lipinski definition) is 4. The minimum Gasteiger partial charge on any atom is -0.497 e. The highest BCUT2D eigenvalue weighted by Crippen LogP contribution is 2.28. The second-order valence-electron chi connectivity index (χ2n) is 5.15. The molecule has 1 aromatic carbocycles. The van der Waals surface area contributed by atoms with Crippen LogP contribution in [0, 0.1) is 13.8 Å². The zero-order valence-corrected chi connectivity index (χ0v) is 14.9. The molecule has 0 amide bonds. The predicted octanol–water partition coefficient (Wildman–Crippen LogP) is 2.54. The number of benzene rings is 1. The molecule has 0 spiro atoms. The molecular formula is C16H22N4O2S. The fourth-order valence-electron chi connectivity index (χ4n) is 2.32. The molecule has 0 bridgehead atoms. The first-order valence-corrected chi connectivity index (χ1v) is 7.63. The summed E-state index contributed by atoms with van der Waals surface area (Å²) in [5, 5.41) is 11.3. The quantitative estimate of drug-likeness (QED) is 0.820. The molecule has 6 nitrogen and oxygen atoms in total. The number of aryl methyl sites for hydroxylation is 2. The number of hydrogen-bond donors (Lipinski definition) is 2. The van der Waals surface area contributed by atoms with E-state index in [2.05, 4.69) is 15.7 Å². The van der Waals surface area contributed by atoms with Crippen molar-refractivity contribution < 1.29 is 9.47 Å². The van der Waals surface area contributed by atoms with Crippen molar-refractivity contribution in [1.29, 1.82) is 0 Å². The van der Waals surface area contributed by atoms with Crippen LogP contribution in [0.2, 0.25) is 0 Å². The first-order chi connectivity index (χ1) is 11.0. The van der Waals surface area contributed by atoms with Crippen molar-refractivity contribution >= 4 is 23.0 Å². The standard InChI is InChI=1S/C16H22N4O2S/c1-10-13(11(2)20(3)19-10)9-17-16(23)18-14-8-12(21-4)6-7-15(14)22-5/h6-8H,9H2,1-5H3,(H2,17,18,23). The van der Waals surface area contributed by atoms with Gasteiger partial charge in [-0.3, -0.25) is 4.68 Å². The molecule has 0 saturated heterocycles. The third-order valence-electron chi connectivity index (χ3n) is 3.74. The van der Waals surface area contributed by atoms with Gasteiger partial charge in [0.25, 0.3) is 0 Å². The van der Waals surface area contributed by atoms with Gasteiger partial charge in [-0.1, -0.05) is 0 Å². The monoisotopic (exact) mass is 334 g/mol. The molecule has 124 valence electrons. The fourth-order valence-corrected chi connectivity index (χ4v) is 2.50. The lowest BCUT2D eigenvalue weighted by Gasteiger charge is -2.14. The SMILES string of the molecule is COc1ccc(OC)c(NC(=S)NCc2c(C)nn(C)c2C)c1. The van der Waals surface area contributed by atoms with Crippen molar-refractivity contribution in [3.05, 3.63) is 35.2 Å². The van der Waals surface area contributed by atoms with Crippen LogP contribution in [-0.4, -0.2) is 29.1 Å². The second-order valence-corrected chi connectivity index (χ2v) is 5.56. The number of thiocarbonyl (C=S) groups is 1. The summed E-state index contributed by atoms with van der Waals surface area (Å²) in [6, 6.07) is 5.51. The molecule has 0 unspecified atom stereocenters. The molecule has 23 heavy (non-hydrogen) atoms. The van der Waals surface area contributed by atoms with Gasteiger partial charge in [-0.15, -0.1) is 0 Å². The van der Waals surface area contributed by atoms with Crippen molar-refractivity contribution in [2.45, 2.75) is 20.4 Å². The smallest absolute Gasteiger partial charge is 0.171 e. The maximum atomic E-state index is 5.37. The van der Waals surface area contributed by atoms with Crippen LogP contribution < -0.4 is 20.1 Å². The third-order valence-corrected chi connectivity index (χ3v) is 3.99. The minimum absolute atomic E-state index is 0.513. The Labute approximate surface area is 141 Å². The van der Waals surface area contributed by atoms with Crippen molar-refractivity contribution in [2.24, 2.45) is 7.05 Å². The summed E-state index contributed by atoms with van der Waals surface area (Å²) in [4.78, 5) is 0. The zero-order chi connectivity index (χ0) is 17.0. The number of rotatable bonds is 5. The average molecular weight is 334 g/mol. The van der Waals surface area contributed by atoms with Gasteiger partial charge < -0.3 is 20.1 Å². The molecule has 1 aromatic heterocycles. The Morgan fingerprint density at radius 1 is 1.26 bits per heavy atom. The average Bonchev–Trinajstić information content (AvgIpc) is 2.78. The van der Waals surface area contributed by atoms with Gasteiger partial charge in [-0.25, -0.2) is 0 Å². The first-order valence-electron chi connectivity index (χ1n) is 7.22. The van der Waals surface area contributed by atoms with Gasteiger partial charge in [0.15, 0.2) is 5.11 Å². The van der Waals surface area contributed by atoms with Gasteiger partial charge in [0, 0.05) is 30.9 Å². The summed E-state index contributed by atoms with van der Waals surface area (Å²) in [5.74, 6) is 1.43. The molecule has 0 fully saturated rings. The molecule has 0 saturated carbocycles. The normalized spacial score (nSPS) is 10.3. The summed E-state index contributed by atoms with van der Waals surface area (Å²) in [6.07, 6.45) is 0. The molecule has 2 rings (SSSR count). The molecule has 1 heterocycles. The van der Waals surface area contributed by atoms with Crippen LogP contribution in [0.5, 0.6) is 11.5 Å². The molecule has 0 atom stereocenters. The van der Waals surface area contributed by atoms with E-state index >= 15 is 0 Å². The van der Waals surface area contributed by atoms with Crippen LogP contribution in [0.4, 0.5) is 5.69 Å². The van der Waals surface area contributed by atoms with Crippen molar-refractivity contribution in [3.8, 4) is 11.5 Å². The van der Waals surface area contributed by atoms with E-state index < -0.39 is 0 Å². The van der Waals surface area contributed by atoms with E-state index in [1.165, 1.54) is 0 Å². The fraction of sp³-hybridized carbons (Fsp3) is 0.375. The van der Waals surface area contributed by atoms with E-state index in [-0.39, 0.29) is 0 Å². The van der Waals surface area contributed by atoms with Crippen LogP contribution in [0.25, 0.3) is 0 Å². The van der Waals surface area contributed by atoms with Gasteiger partial charge in [-0.2, -0.15) is 5.10 Å². The lowest BCUT2D eigenvalue weighted by Crippen LogP contribution is -2.28. The summed E-state index contributed by atoms with van der Waals surface area (Å²) in [6.45, 7) is 4.65. The van der Waals surface area contributed by atoms with Gasteiger partial charge in [0.1, 0.15) is 11.5 Å².